The third-order valence-electron chi connectivity index (χ3n) is 4.25. The largest absolute Gasteiger partial charge is 0.339 e. The summed E-state index contributed by atoms with van der Waals surface area (Å²) < 4.78 is 5.31. The number of hydrogen-bond acceptors (Lipinski definition) is 4. The fourth-order valence-corrected chi connectivity index (χ4v) is 2.81. The van der Waals surface area contributed by atoms with Crippen LogP contribution in [-0.2, 0) is 4.79 Å². The van der Waals surface area contributed by atoms with Crippen molar-refractivity contribution in [3.63, 3.8) is 0 Å². The molecule has 1 aliphatic carbocycles. The van der Waals surface area contributed by atoms with Gasteiger partial charge in [0.1, 0.15) is 0 Å². The minimum atomic E-state index is -0.0249. The molecule has 1 aliphatic heterocycles. The third kappa shape index (κ3) is 3.01. The van der Waals surface area contributed by atoms with Crippen LogP contribution in [0.15, 0.2) is 34.9 Å². The monoisotopic (exact) mass is 329 g/mol. The molecule has 0 bridgehead atoms. The minimum Gasteiger partial charge on any atom is -0.339 e. The Labute approximate surface area is 138 Å². The number of halogens is 1. The molecule has 4 rings (SSSR count). The summed E-state index contributed by atoms with van der Waals surface area (Å²) in [5.74, 6) is 2.11. The first-order valence-electron chi connectivity index (χ1n) is 7.76. The fourth-order valence-electron chi connectivity index (χ4n) is 2.61. The molecule has 23 heavy (non-hydrogen) atoms. The lowest BCUT2D eigenvalue weighted by molar-refractivity contribution is -0.130. The number of benzene rings is 1. The first kappa shape index (κ1) is 14.5. The van der Waals surface area contributed by atoms with Crippen molar-refractivity contribution in [2.75, 3.05) is 13.1 Å². The average Bonchev–Trinajstić information content (AvgIpc) is 3.24. The normalized spacial score (nSPS) is 18.4. The molecule has 1 saturated carbocycles. The number of amides is 1. The van der Waals surface area contributed by atoms with E-state index in [9.17, 15) is 4.79 Å². The molecule has 1 saturated heterocycles. The van der Waals surface area contributed by atoms with Crippen LogP contribution in [0.5, 0.6) is 0 Å². The Bertz CT molecular complexity index is 761. The van der Waals surface area contributed by atoms with Crippen molar-refractivity contribution in [2.45, 2.75) is 24.7 Å². The van der Waals surface area contributed by atoms with Gasteiger partial charge in [0.05, 0.1) is 5.92 Å². The maximum absolute atomic E-state index is 12.1. The SMILES string of the molecule is O=C(/C=C/c1ccccc1Cl)N1CC(c2nc(C3CC3)no2)C1. The molecular formula is C17H16ClN3O2. The van der Waals surface area contributed by atoms with Gasteiger partial charge in [0, 0.05) is 30.1 Å². The first-order valence-corrected chi connectivity index (χ1v) is 8.13. The molecule has 1 amide bonds. The minimum absolute atomic E-state index is 0.0249. The van der Waals surface area contributed by atoms with E-state index in [2.05, 4.69) is 10.1 Å². The molecule has 1 aromatic heterocycles. The van der Waals surface area contributed by atoms with E-state index in [0.717, 1.165) is 24.2 Å². The highest BCUT2D eigenvalue weighted by molar-refractivity contribution is 6.32. The molecule has 2 aliphatic rings. The fraction of sp³-hybridized carbons (Fsp3) is 0.353. The van der Waals surface area contributed by atoms with Crippen molar-refractivity contribution in [3.05, 3.63) is 52.6 Å². The zero-order chi connectivity index (χ0) is 15.8. The highest BCUT2D eigenvalue weighted by Crippen LogP contribution is 2.39. The molecule has 0 N–H and O–H groups in total. The molecule has 1 aromatic carbocycles. The second kappa shape index (κ2) is 5.81. The number of hydrogen-bond donors (Lipinski definition) is 0. The molecule has 0 radical (unpaired) electrons. The van der Waals surface area contributed by atoms with E-state index in [1.165, 1.54) is 0 Å². The summed E-state index contributed by atoms with van der Waals surface area (Å²) in [5.41, 5.74) is 0.838. The lowest BCUT2D eigenvalue weighted by atomic mass is 10.00. The Kier molecular flexibility index (Phi) is 3.65. The van der Waals surface area contributed by atoms with Crippen LogP contribution in [0.4, 0.5) is 0 Å². The van der Waals surface area contributed by atoms with Crippen molar-refractivity contribution >= 4 is 23.6 Å². The second-order valence-electron chi connectivity index (χ2n) is 6.06. The maximum atomic E-state index is 12.1. The Morgan fingerprint density at radius 1 is 1.26 bits per heavy atom. The summed E-state index contributed by atoms with van der Waals surface area (Å²) in [4.78, 5) is 18.3. The van der Waals surface area contributed by atoms with E-state index in [1.54, 1.807) is 23.1 Å². The Hall–Kier alpha value is -2.14. The molecule has 2 heterocycles. The van der Waals surface area contributed by atoms with Gasteiger partial charge in [-0.1, -0.05) is 35.0 Å². The van der Waals surface area contributed by atoms with Gasteiger partial charge in [-0.05, 0) is 30.5 Å². The van der Waals surface area contributed by atoms with Crippen LogP contribution in [0.2, 0.25) is 5.02 Å². The predicted octanol–water partition coefficient (Wildman–Crippen LogP) is 3.24. The van der Waals surface area contributed by atoms with Crippen molar-refractivity contribution in [3.8, 4) is 0 Å². The van der Waals surface area contributed by atoms with Crippen LogP contribution >= 0.6 is 11.6 Å². The van der Waals surface area contributed by atoms with Crippen LogP contribution in [0.1, 0.15) is 42.0 Å². The summed E-state index contributed by atoms with van der Waals surface area (Å²) in [6.07, 6.45) is 5.61. The van der Waals surface area contributed by atoms with E-state index in [1.807, 2.05) is 18.2 Å². The Balaban J connectivity index is 1.34. The quantitative estimate of drug-likeness (QED) is 0.808. The lowest BCUT2D eigenvalue weighted by Gasteiger charge is -2.36. The van der Waals surface area contributed by atoms with Crippen molar-refractivity contribution < 1.29 is 9.32 Å². The highest BCUT2D eigenvalue weighted by Gasteiger charge is 2.36. The van der Waals surface area contributed by atoms with Gasteiger partial charge in [-0.25, -0.2) is 0 Å². The van der Waals surface area contributed by atoms with Crippen molar-refractivity contribution in [1.82, 2.24) is 15.0 Å². The molecule has 2 fully saturated rings. The van der Waals surface area contributed by atoms with E-state index in [4.69, 9.17) is 16.1 Å². The third-order valence-corrected chi connectivity index (χ3v) is 4.60. The molecule has 0 unspecified atom stereocenters. The van der Waals surface area contributed by atoms with Gasteiger partial charge in [0.2, 0.25) is 11.8 Å². The van der Waals surface area contributed by atoms with Gasteiger partial charge in [0.25, 0.3) is 0 Å². The van der Waals surface area contributed by atoms with Gasteiger partial charge in [-0.3, -0.25) is 4.79 Å². The number of carbonyl (C=O) groups is 1. The number of rotatable bonds is 4. The molecular weight excluding hydrogens is 314 g/mol. The lowest BCUT2D eigenvalue weighted by Crippen LogP contribution is -2.47. The van der Waals surface area contributed by atoms with Crippen molar-refractivity contribution in [1.29, 1.82) is 0 Å². The van der Waals surface area contributed by atoms with Gasteiger partial charge in [-0.2, -0.15) is 4.98 Å². The average molecular weight is 330 g/mol. The van der Waals surface area contributed by atoms with Crippen LogP contribution in [0.25, 0.3) is 6.08 Å². The summed E-state index contributed by atoms with van der Waals surface area (Å²) >= 11 is 6.07. The number of carbonyl (C=O) groups excluding carboxylic acids is 1. The van der Waals surface area contributed by atoms with E-state index >= 15 is 0 Å². The van der Waals surface area contributed by atoms with Gasteiger partial charge in [-0.15, -0.1) is 0 Å². The number of nitrogens with zero attached hydrogens (tertiary/aromatic N) is 3. The molecule has 5 nitrogen and oxygen atoms in total. The molecule has 118 valence electrons. The summed E-state index contributed by atoms with van der Waals surface area (Å²) in [6.45, 7) is 1.25. The van der Waals surface area contributed by atoms with Crippen LogP contribution < -0.4 is 0 Å². The zero-order valence-electron chi connectivity index (χ0n) is 12.5. The van der Waals surface area contributed by atoms with Gasteiger partial charge in [0.15, 0.2) is 5.82 Å². The molecule has 0 atom stereocenters. The molecule has 2 aromatic rings. The van der Waals surface area contributed by atoms with Crippen molar-refractivity contribution in [2.24, 2.45) is 0 Å². The predicted molar refractivity (Wildman–Crippen MR) is 86.1 cm³/mol. The van der Waals surface area contributed by atoms with Gasteiger partial charge >= 0.3 is 0 Å². The first-order chi connectivity index (χ1) is 11.2. The van der Waals surface area contributed by atoms with E-state index < -0.39 is 0 Å². The standard InChI is InChI=1S/C17H16ClN3O2/c18-14-4-2-1-3-11(14)7-8-15(22)21-9-13(10-21)17-19-16(20-23-17)12-5-6-12/h1-4,7-8,12-13H,5-6,9-10H2/b8-7+. The van der Waals surface area contributed by atoms with Gasteiger partial charge < -0.3 is 9.42 Å². The van der Waals surface area contributed by atoms with Crippen LogP contribution in [0, 0.1) is 0 Å². The van der Waals surface area contributed by atoms with Crippen LogP contribution in [0.3, 0.4) is 0 Å². The Morgan fingerprint density at radius 2 is 2.04 bits per heavy atom. The maximum Gasteiger partial charge on any atom is 0.246 e. The Morgan fingerprint density at radius 3 is 2.78 bits per heavy atom. The second-order valence-corrected chi connectivity index (χ2v) is 6.47. The number of likely N-dealkylation sites (tertiary alicyclic amines) is 1. The smallest absolute Gasteiger partial charge is 0.246 e. The summed E-state index contributed by atoms with van der Waals surface area (Å²) in [7, 11) is 0. The van der Waals surface area contributed by atoms with E-state index in [0.29, 0.717) is 29.9 Å². The highest BCUT2D eigenvalue weighted by atomic mass is 35.5. The summed E-state index contributed by atoms with van der Waals surface area (Å²) in [6, 6.07) is 7.44. The van der Waals surface area contributed by atoms with E-state index in [-0.39, 0.29) is 11.8 Å². The zero-order valence-corrected chi connectivity index (χ0v) is 13.2. The number of aromatic nitrogens is 2. The topological polar surface area (TPSA) is 59.2 Å². The van der Waals surface area contributed by atoms with Crippen LogP contribution in [-0.4, -0.2) is 34.0 Å². The summed E-state index contributed by atoms with van der Waals surface area (Å²) in [5, 5.41) is 4.65. The molecule has 0 spiro atoms. The molecule has 6 heteroatoms.